The second-order valence-electron chi connectivity index (χ2n) is 6.91. The number of anilines is 2. The van der Waals surface area contributed by atoms with Crippen LogP contribution in [0.2, 0.25) is 0 Å². The second kappa shape index (κ2) is 7.94. The number of nitrogens with one attached hydrogen (secondary N) is 1. The van der Waals surface area contributed by atoms with Gasteiger partial charge in [0.1, 0.15) is 11.5 Å². The molecule has 3 heterocycles. The first-order valence-corrected chi connectivity index (χ1v) is 9.99. The summed E-state index contributed by atoms with van der Waals surface area (Å²) in [6.07, 6.45) is -2.73. The van der Waals surface area contributed by atoms with Gasteiger partial charge in [-0.2, -0.15) is 17.5 Å². The van der Waals surface area contributed by atoms with Gasteiger partial charge in [-0.15, -0.1) is 10.2 Å². The highest BCUT2D eigenvalue weighted by Gasteiger charge is 2.30. The Balaban J connectivity index is 1.35. The summed E-state index contributed by atoms with van der Waals surface area (Å²) in [6, 6.07) is 9.25. The minimum atomic E-state index is -4.33. The van der Waals surface area contributed by atoms with E-state index in [0.29, 0.717) is 17.2 Å². The van der Waals surface area contributed by atoms with Crippen molar-refractivity contribution in [1.29, 1.82) is 0 Å². The number of aryl methyl sites for hydroxylation is 1. The molecule has 29 heavy (non-hydrogen) atoms. The van der Waals surface area contributed by atoms with Crippen LogP contribution in [0.25, 0.3) is 10.7 Å². The van der Waals surface area contributed by atoms with E-state index in [1.807, 2.05) is 19.1 Å². The van der Waals surface area contributed by atoms with Gasteiger partial charge in [0.25, 0.3) is 0 Å². The number of nitrogens with zero attached hydrogens (tertiary/aromatic N) is 5. The van der Waals surface area contributed by atoms with Crippen LogP contribution in [-0.2, 0) is 6.18 Å². The van der Waals surface area contributed by atoms with Gasteiger partial charge in [0.2, 0.25) is 0 Å². The quantitative estimate of drug-likeness (QED) is 0.675. The highest BCUT2D eigenvalue weighted by Crippen LogP contribution is 2.31. The zero-order valence-corrected chi connectivity index (χ0v) is 16.5. The molecule has 152 valence electrons. The SMILES string of the molecule is Cc1nsc(-c2ccc(N3CCC(Nc4cccc(C(F)(F)F)c4)CC3)nn2)n1. The Morgan fingerprint density at radius 2 is 1.90 bits per heavy atom. The monoisotopic (exact) mass is 420 g/mol. The fourth-order valence-electron chi connectivity index (χ4n) is 3.28. The van der Waals surface area contributed by atoms with E-state index in [1.54, 1.807) is 6.07 Å². The predicted octanol–water partition coefficient (Wildman–Crippen LogP) is 4.40. The molecule has 6 nitrogen and oxygen atoms in total. The third-order valence-electron chi connectivity index (χ3n) is 4.78. The molecule has 0 unspecified atom stereocenters. The zero-order chi connectivity index (χ0) is 20.4. The lowest BCUT2D eigenvalue weighted by Crippen LogP contribution is -2.39. The molecule has 4 rings (SSSR count). The smallest absolute Gasteiger partial charge is 0.382 e. The Hall–Kier alpha value is -2.75. The summed E-state index contributed by atoms with van der Waals surface area (Å²) >= 11 is 1.29. The molecular formula is C19H19F3N6S. The maximum Gasteiger partial charge on any atom is 0.416 e. The molecule has 0 atom stereocenters. The average molecular weight is 420 g/mol. The molecule has 1 aliphatic heterocycles. The lowest BCUT2D eigenvalue weighted by Gasteiger charge is -2.33. The molecule has 2 aromatic heterocycles. The Labute approximate surface area is 170 Å². The lowest BCUT2D eigenvalue weighted by molar-refractivity contribution is -0.137. The molecule has 0 amide bonds. The summed E-state index contributed by atoms with van der Waals surface area (Å²) in [5.74, 6) is 1.50. The van der Waals surface area contributed by atoms with Crippen LogP contribution in [0.4, 0.5) is 24.7 Å². The number of piperidine rings is 1. The fourth-order valence-corrected chi connectivity index (χ4v) is 3.92. The largest absolute Gasteiger partial charge is 0.416 e. The number of halogens is 3. The van der Waals surface area contributed by atoms with Crippen molar-refractivity contribution in [3.63, 3.8) is 0 Å². The molecule has 0 radical (unpaired) electrons. The van der Waals surface area contributed by atoms with Crippen molar-refractivity contribution in [2.75, 3.05) is 23.3 Å². The fraction of sp³-hybridized carbons (Fsp3) is 0.368. The van der Waals surface area contributed by atoms with Gasteiger partial charge < -0.3 is 10.2 Å². The summed E-state index contributed by atoms with van der Waals surface area (Å²) in [6.45, 7) is 3.34. The number of rotatable bonds is 4. The van der Waals surface area contributed by atoms with E-state index in [2.05, 4.69) is 29.8 Å². The summed E-state index contributed by atoms with van der Waals surface area (Å²) in [7, 11) is 0. The first-order chi connectivity index (χ1) is 13.9. The van der Waals surface area contributed by atoms with E-state index < -0.39 is 11.7 Å². The zero-order valence-electron chi connectivity index (χ0n) is 15.6. The Morgan fingerprint density at radius 3 is 2.52 bits per heavy atom. The molecule has 0 bridgehead atoms. The number of hydrogen-bond donors (Lipinski definition) is 1. The summed E-state index contributed by atoms with van der Waals surface area (Å²) in [5.41, 5.74) is 0.552. The van der Waals surface area contributed by atoms with E-state index >= 15 is 0 Å². The maximum atomic E-state index is 12.9. The van der Waals surface area contributed by atoms with Gasteiger partial charge in [-0.3, -0.25) is 0 Å². The van der Waals surface area contributed by atoms with E-state index in [0.717, 1.165) is 48.9 Å². The summed E-state index contributed by atoms with van der Waals surface area (Å²) in [4.78, 5) is 6.44. The van der Waals surface area contributed by atoms with Gasteiger partial charge >= 0.3 is 6.18 Å². The second-order valence-corrected chi connectivity index (χ2v) is 7.66. The molecule has 1 saturated heterocycles. The molecule has 1 fully saturated rings. The van der Waals surface area contributed by atoms with Crippen LogP contribution in [0.3, 0.4) is 0 Å². The number of hydrogen-bond acceptors (Lipinski definition) is 7. The van der Waals surface area contributed by atoms with Crippen LogP contribution in [-0.4, -0.2) is 38.7 Å². The number of benzene rings is 1. The van der Waals surface area contributed by atoms with Gasteiger partial charge in [0, 0.05) is 24.8 Å². The molecule has 1 aromatic carbocycles. The average Bonchev–Trinajstić information content (AvgIpc) is 3.15. The van der Waals surface area contributed by atoms with Crippen molar-refractivity contribution >= 4 is 23.0 Å². The van der Waals surface area contributed by atoms with Gasteiger partial charge in [-0.1, -0.05) is 6.07 Å². The highest BCUT2D eigenvalue weighted by molar-refractivity contribution is 7.09. The normalized spacial score (nSPS) is 15.5. The van der Waals surface area contributed by atoms with E-state index in [1.165, 1.54) is 17.6 Å². The maximum absolute atomic E-state index is 12.9. The first-order valence-electron chi connectivity index (χ1n) is 9.21. The van der Waals surface area contributed by atoms with Crippen LogP contribution < -0.4 is 10.2 Å². The van der Waals surface area contributed by atoms with Crippen LogP contribution in [0.15, 0.2) is 36.4 Å². The van der Waals surface area contributed by atoms with Crippen LogP contribution in [0.5, 0.6) is 0 Å². The van der Waals surface area contributed by atoms with Crippen LogP contribution in [0.1, 0.15) is 24.2 Å². The van der Waals surface area contributed by atoms with Gasteiger partial charge in [0.05, 0.1) is 5.56 Å². The van der Waals surface area contributed by atoms with E-state index in [-0.39, 0.29) is 6.04 Å². The molecular weight excluding hydrogens is 401 g/mol. The van der Waals surface area contributed by atoms with E-state index in [9.17, 15) is 13.2 Å². The summed E-state index contributed by atoms with van der Waals surface area (Å²) < 4.78 is 42.8. The van der Waals surface area contributed by atoms with E-state index in [4.69, 9.17) is 0 Å². The number of aromatic nitrogens is 4. The third kappa shape index (κ3) is 4.64. The summed E-state index contributed by atoms with van der Waals surface area (Å²) in [5, 5.41) is 12.5. The van der Waals surface area contributed by atoms with Crippen molar-refractivity contribution in [1.82, 2.24) is 19.6 Å². The molecule has 1 aliphatic rings. The van der Waals surface area contributed by atoms with Crippen molar-refractivity contribution in [2.45, 2.75) is 32.0 Å². The van der Waals surface area contributed by atoms with Crippen molar-refractivity contribution < 1.29 is 13.2 Å². The topological polar surface area (TPSA) is 66.8 Å². The predicted molar refractivity (Wildman–Crippen MR) is 106 cm³/mol. The first kappa shape index (κ1) is 19.6. The van der Waals surface area contributed by atoms with Crippen molar-refractivity contribution in [2.24, 2.45) is 0 Å². The Bertz CT molecular complexity index is 965. The Morgan fingerprint density at radius 1 is 1.10 bits per heavy atom. The molecule has 0 spiro atoms. The molecule has 1 N–H and O–H groups in total. The van der Waals surface area contributed by atoms with Crippen LogP contribution in [0, 0.1) is 6.92 Å². The number of alkyl halides is 3. The lowest BCUT2D eigenvalue weighted by atomic mass is 10.0. The van der Waals surface area contributed by atoms with Crippen molar-refractivity contribution in [3.8, 4) is 10.7 Å². The van der Waals surface area contributed by atoms with Crippen molar-refractivity contribution in [3.05, 3.63) is 47.8 Å². The molecule has 10 heteroatoms. The minimum Gasteiger partial charge on any atom is -0.382 e. The Kier molecular flexibility index (Phi) is 5.35. The third-order valence-corrected chi connectivity index (χ3v) is 5.61. The molecule has 0 saturated carbocycles. The van der Waals surface area contributed by atoms with Gasteiger partial charge in [-0.25, -0.2) is 4.98 Å². The van der Waals surface area contributed by atoms with Crippen LogP contribution >= 0.6 is 11.5 Å². The molecule has 3 aromatic rings. The minimum absolute atomic E-state index is 0.117. The van der Waals surface area contributed by atoms with Gasteiger partial charge in [-0.05, 0) is 61.6 Å². The van der Waals surface area contributed by atoms with Gasteiger partial charge in [0.15, 0.2) is 10.8 Å². The molecule has 0 aliphatic carbocycles. The standard InChI is InChI=1S/C19H19F3N6S/c1-12-23-18(29-27-12)16-5-6-17(26-25-16)28-9-7-14(8-10-28)24-15-4-2-3-13(11-15)19(20,21)22/h2-6,11,14,24H,7-10H2,1H3. The highest BCUT2D eigenvalue weighted by atomic mass is 32.1.